The number of fused-ring (bicyclic) bond motifs is 3. The van der Waals surface area contributed by atoms with Gasteiger partial charge in [-0.15, -0.1) is 0 Å². The molecule has 8 heteroatoms. The van der Waals surface area contributed by atoms with E-state index in [1.54, 1.807) is 7.11 Å². The molecule has 3 aromatic heterocycles. The molecule has 0 saturated heterocycles. The van der Waals surface area contributed by atoms with E-state index in [0.717, 1.165) is 19.6 Å². The Labute approximate surface area is 367 Å². The molecule has 0 aliphatic heterocycles. The van der Waals surface area contributed by atoms with Crippen LogP contribution in [0, 0.1) is 0 Å². The molecule has 0 atom stereocenters. The lowest BCUT2D eigenvalue weighted by molar-refractivity contribution is -0.923. The molecule has 2 aromatic carbocycles. The molecular weight excluding hydrogens is 794 g/mol. The van der Waals surface area contributed by atoms with Gasteiger partial charge in [-0.25, -0.2) is 9.13 Å². The third kappa shape index (κ3) is 13.4. The van der Waals surface area contributed by atoms with Crippen LogP contribution in [0.1, 0.15) is 89.5 Å². The number of quaternary nitrogens is 2. The third-order valence-electron chi connectivity index (χ3n) is 13.2. The van der Waals surface area contributed by atoms with Crippen molar-refractivity contribution in [3.05, 3.63) is 108 Å². The van der Waals surface area contributed by atoms with E-state index in [-0.39, 0.29) is 17.0 Å². The fourth-order valence-corrected chi connectivity index (χ4v) is 8.60. The molecule has 5 aromatic rings. The number of rotatable bonds is 26. The molecule has 0 amide bonds. The molecule has 0 bridgehead atoms. The van der Waals surface area contributed by atoms with Crippen LogP contribution in [0.3, 0.4) is 0 Å². The fraction of sp³-hybridized carbons (Fsp3) is 0.490. The van der Waals surface area contributed by atoms with Crippen molar-refractivity contribution >= 4 is 46.1 Å². The highest BCUT2D eigenvalue weighted by molar-refractivity contribution is 6.09. The molecule has 0 unspecified atom stereocenters. The Hall–Kier alpha value is -3.66. The number of benzene rings is 2. The third-order valence-corrected chi connectivity index (χ3v) is 13.2. The van der Waals surface area contributed by atoms with E-state index in [1.807, 2.05) is 0 Å². The smallest absolute Gasteiger partial charge is 0.169 e. The minimum atomic E-state index is 0. The summed E-state index contributed by atoms with van der Waals surface area (Å²) in [6.45, 7) is 28.7. The van der Waals surface area contributed by atoms with E-state index >= 15 is 0 Å². The molecule has 0 aliphatic rings. The van der Waals surface area contributed by atoms with Crippen LogP contribution in [0.5, 0.6) is 0 Å². The molecule has 0 radical (unpaired) electrons. The van der Waals surface area contributed by atoms with Gasteiger partial charge in [-0.1, -0.05) is 36.4 Å². The SMILES string of the molecule is CC[N+](CC)(CC)CCCC[n+]1ccc(/C=C/c2ccc3c(c2)c2cc(/C=C/c4cc[n+](CCCC[N+](CC)(CC)CC)cc4)ccc2n3CCOCCOC)cc1.[Br-]. The van der Waals surface area contributed by atoms with Crippen LogP contribution in [0.25, 0.3) is 46.1 Å². The lowest BCUT2D eigenvalue weighted by atomic mass is 10.1. The summed E-state index contributed by atoms with van der Waals surface area (Å²) in [7, 11) is 1.72. The maximum absolute atomic E-state index is 5.92. The topological polar surface area (TPSA) is 31.2 Å². The van der Waals surface area contributed by atoms with Gasteiger partial charge in [-0.05, 0) is 88.1 Å². The molecule has 59 heavy (non-hydrogen) atoms. The number of ether oxygens (including phenoxy) is 2. The number of unbranched alkanes of at least 4 members (excludes halogenated alkanes) is 2. The largest absolute Gasteiger partial charge is 1.00 e. The number of pyridine rings is 2. The lowest BCUT2D eigenvalue weighted by Gasteiger charge is -2.35. The Balaban J connectivity index is 0.00000769. The Morgan fingerprint density at radius 2 is 0.915 bits per heavy atom. The number of aromatic nitrogens is 3. The van der Waals surface area contributed by atoms with Gasteiger partial charge >= 0.3 is 0 Å². The summed E-state index contributed by atoms with van der Waals surface area (Å²) in [5, 5.41) is 2.53. The second-order valence-corrected chi connectivity index (χ2v) is 16.2. The predicted molar refractivity (Wildman–Crippen MR) is 245 cm³/mol. The van der Waals surface area contributed by atoms with Crippen LogP contribution in [0.15, 0.2) is 85.5 Å². The summed E-state index contributed by atoms with van der Waals surface area (Å²) in [6.07, 6.45) is 22.8. The molecular formula is C51H75BrN5O2+3. The summed E-state index contributed by atoms with van der Waals surface area (Å²) >= 11 is 0. The van der Waals surface area contributed by atoms with Crippen molar-refractivity contribution in [3.8, 4) is 0 Å². The van der Waals surface area contributed by atoms with E-state index < -0.39 is 0 Å². The van der Waals surface area contributed by atoms with Gasteiger partial charge in [0.15, 0.2) is 24.8 Å². The summed E-state index contributed by atoms with van der Waals surface area (Å²) < 4.78 is 20.6. The standard InChI is InChI=1S/C51H75N5O2.BrH/c1-8-55(9-2,10-3)37-16-14-30-52-32-26-44(27-33-52)18-20-46-22-24-50-48(42-46)49-43-47(23-25-51(49)54(50)36-39-58-41-40-57-7)21-19-45-28-34-53(35-29-45)31-15-17-38-56(11-4,12-5)13-6;/h18-29,32-35,42-43H,8-17,30-31,36-41H2,1-7H3;1H/q+4;/p-1. The van der Waals surface area contributed by atoms with E-state index in [1.165, 1.54) is 131 Å². The van der Waals surface area contributed by atoms with Crippen LogP contribution in [0.2, 0.25) is 0 Å². The van der Waals surface area contributed by atoms with Gasteiger partial charge in [-0.3, -0.25) is 0 Å². The quantitative estimate of drug-likeness (QED) is 0.0353. The molecule has 320 valence electrons. The Morgan fingerprint density at radius 3 is 1.31 bits per heavy atom. The van der Waals surface area contributed by atoms with Crippen molar-refractivity contribution in [1.29, 1.82) is 0 Å². The zero-order valence-electron chi connectivity index (χ0n) is 37.6. The maximum atomic E-state index is 5.92. The van der Waals surface area contributed by atoms with Crippen LogP contribution in [0.4, 0.5) is 0 Å². The molecule has 5 rings (SSSR count). The average molecular weight is 870 g/mol. The van der Waals surface area contributed by atoms with Crippen LogP contribution >= 0.6 is 0 Å². The Morgan fingerprint density at radius 1 is 0.508 bits per heavy atom. The van der Waals surface area contributed by atoms with Crippen molar-refractivity contribution in [2.75, 3.05) is 79.3 Å². The molecule has 7 nitrogen and oxygen atoms in total. The van der Waals surface area contributed by atoms with Gasteiger partial charge < -0.3 is 40.0 Å². The molecule has 0 aliphatic carbocycles. The minimum absolute atomic E-state index is 0. The van der Waals surface area contributed by atoms with Crippen molar-refractivity contribution < 1.29 is 44.6 Å². The van der Waals surface area contributed by atoms with Gasteiger partial charge in [0.25, 0.3) is 0 Å². The Bertz CT molecular complexity index is 1870. The first-order valence-corrected chi connectivity index (χ1v) is 22.5. The molecule has 0 N–H and O–H groups in total. The van der Waals surface area contributed by atoms with Crippen molar-refractivity contribution in [1.82, 2.24) is 4.57 Å². The number of nitrogens with zero attached hydrogens (tertiary/aromatic N) is 5. The van der Waals surface area contributed by atoms with E-state index in [0.29, 0.717) is 19.8 Å². The highest BCUT2D eigenvalue weighted by Crippen LogP contribution is 2.32. The van der Waals surface area contributed by atoms with Gasteiger partial charge in [0.05, 0.1) is 72.2 Å². The summed E-state index contributed by atoms with van der Waals surface area (Å²) in [5.41, 5.74) is 7.28. The molecule has 0 saturated carbocycles. The highest BCUT2D eigenvalue weighted by Gasteiger charge is 2.21. The van der Waals surface area contributed by atoms with E-state index in [9.17, 15) is 0 Å². The van der Waals surface area contributed by atoms with Crippen LogP contribution in [-0.4, -0.2) is 92.8 Å². The zero-order valence-corrected chi connectivity index (χ0v) is 39.1. The normalized spacial score (nSPS) is 12.4. The summed E-state index contributed by atoms with van der Waals surface area (Å²) in [4.78, 5) is 0. The summed E-state index contributed by atoms with van der Waals surface area (Å²) in [5.74, 6) is 0. The molecule has 3 heterocycles. The van der Waals surface area contributed by atoms with Gasteiger partial charge in [0.2, 0.25) is 0 Å². The van der Waals surface area contributed by atoms with Gasteiger partial charge in [0.1, 0.15) is 13.1 Å². The van der Waals surface area contributed by atoms with Crippen LogP contribution < -0.4 is 26.1 Å². The summed E-state index contributed by atoms with van der Waals surface area (Å²) in [6, 6.07) is 22.6. The van der Waals surface area contributed by atoms with Crippen molar-refractivity contribution in [2.24, 2.45) is 0 Å². The number of hydrogen-bond acceptors (Lipinski definition) is 2. The Kier molecular flexibility index (Phi) is 20.0. The second-order valence-electron chi connectivity index (χ2n) is 16.2. The van der Waals surface area contributed by atoms with E-state index in [4.69, 9.17) is 9.47 Å². The lowest BCUT2D eigenvalue weighted by Crippen LogP contribution is -3.00. The maximum Gasteiger partial charge on any atom is 0.169 e. The number of aryl methyl sites for hydroxylation is 2. The number of halogens is 1. The minimum Gasteiger partial charge on any atom is -1.00 e. The first kappa shape index (κ1) is 48.0. The highest BCUT2D eigenvalue weighted by atomic mass is 79.9. The average Bonchev–Trinajstić information content (AvgIpc) is 3.58. The number of methoxy groups -OCH3 is 1. The fourth-order valence-electron chi connectivity index (χ4n) is 8.60. The number of hydrogen-bond donors (Lipinski definition) is 0. The van der Waals surface area contributed by atoms with Crippen molar-refractivity contribution in [2.45, 2.75) is 86.9 Å². The van der Waals surface area contributed by atoms with E-state index in [2.05, 4.69) is 165 Å². The van der Waals surface area contributed by atoms with Gasteiger partial charge in [0, 0.05) is 85.4 Å². The first-order valence-electron chi connectivity index (χ1n) is 22.5. The predicted octanol–water partition coefficient (Wildman–Crippen LogP) is 6.69. The monoisotopic (exact) mass is 869 g/mol. The second kappa shape index (κ2) is 24.6. The van der Waals surface area contributed by atoms with Crippen molar-refractivity contribution in [3.63, 3.8) is 0 Å². The zero-order chi connectivity index (χ0) is 41.2. The molecule has 0 spiro atoms. The molecule has 0 fully saturated rings. The van der Waals surface area contributed by atoms with Gasteiger partial charge in [-0.2, -0.15) is 0 Å². The van der Waals surface area contributed by atoms with Crippen LogP contribution in [-0.2, 0) is 29.1 Å². The first-order chi connectivity index (χ1) is 28.3.